The van der Waals surface area contributed by atoms with Crippen molar-refractivity contribution in [3.8, 4) is 0 Å². The van der Waals surface area contributed by atoms with Gasteiger partial charge in [0.05, 0.1) is 18.0 Å². The number of amides is 2. The van der Waals surface area contributed by atoms with Crippen LogP contribution in [0.15, 0.2) is 83.8 Å². The normalized spacial score (nSPS) is 23.3. The predicted octanol–water partition coefficient (Wildman–Crippen LogP) is 4.17. The highest BCUT2D eigenvalue weighted by Crippen LogP contribution is 2.31. The Kier molecular flexibility index (Phi) is 9.39. The molecule has 4 saturated heterocycles. The number of methoxy groups -OCH3 is 1. The number of carbonyl (C=O) groups excluding carboxylic acids is 3. The molecule has 2 N–H and O–H groups in total. The zero-order valence-electron chi connectivity index (χ0n) is 25.6. The Hall–Kier alpha value is -4.26. The summed E-state index contributed by atoms with van der Waals surface area (Å²) < 4.78 is 38.4. The molecule has 46 heavy (non-hydrogen) atoms. The molecule has 3 unspecified atom stereocenters. The number of benzene rings is 3. The maximum Gasteiger partial charge on any atom is 0.408 e. The van der Waals surface area contributed by atoms with Crippen LogP contribution in [0, 0.1) is 5.92 Å². The van der Waals surface area contributed by atoms with Crippen LogP contribution in [0.5, 0.6) is 0 Å². The molecule has 7 rings (SSSR count). The summed E-state index contributed by atoms with van der Waals surface area (Å²) in [6, 6.07) is 20.9. The third kappa shape index (κ3) is 6.79. The number of rotatable bonds is 9. The maximum absolute atomic E-state index is 13.3. The molecule has 2 bridgehead atoms. The molecule has 242 valence electrons. The van der Waals surface area contributed by atoms with E-state index in [1.165, 1.54) is 35.7 Å². The lowest BCUT2D eigenvalue weighted by atomic mass is 9.86. The van der Waals surface area contributed by atoms with Crippen LogP contribution in [-0.4, -0.2) is 81.0 Å². The molecule has 4 fully saturated rings. The Balaban J connectivity index is 1.15. The van der Waals surface area contributed by atoms with Gasteiger partial charge in [-0.15, -0.1) is 0 Å². The molecule has 0 saturated carbocycles. The highest BCUT2D eigenvalue weighted by atomic mass is 32.2. The number of fused-ring (bicyclic) bond motifs is 3. The van der Waals surface area contributed by atoms with Crippen molar-refractivity contribution in [1.29, 1.82) is 0 Å². The predicted molar refractivity (Wildman–Crippen MR) is 171 cm³/mol. The van der Waals surface area contributed by atoms with Crippen LogP contribution >= 0.6 is 0 Å². The molecule has 4 aliphatic heterocycles. The summed E-state index contributed by atoms with van der Waals surface area (Å²) in [7, 11) is -2.69. The molecule has 0 aliphatic carbocycles. The Morgan fingerprint density at radius 3 is 2.26 bits per heavy atom. The van der Waals surface area contributed by atoms with Crippen molar-refractivity contribution in [2.24, 2.45) is 5.92 Å². The minimum absolute atomic E-state index is 0.0187. The van der Waals surface area contributed by atoms with Gasteiger partial charge in [-0.05, 0) is 92.2 Å². The van der Waals surface area contributed by atoms with Gasteiger partial charge in [-0.25, -0.2) is 13.2 Å². The van der Waals surface area contributed by atoms with Crippen molar-refractivity contribution >= 4 is 33.7 Å². The van der Waals surface area contributed by atoms with Gasteiger partial charge < -0.3 is 20.1 Å². The van der Waals surface area contributed by atoms with Gasteiger partial charge in [-0.2, -0.15) is 4.31 Å². The van der Waals surface area contributed by atoms with Gasteiger partial charge in [0.1, 0.15) is 12.1 Å². The van der Waals surface area contributed by atoms with Crippen LogP contribution in [0.25, 0.3) is 0 Å². The highest BCUT2D eigenvalue weighted by molar-refractivity contribution is 7.89. The largest absolute Gasteiger partial charge is 0.468 e. The second kappa shape index (κ2) is 13.6. The van der Waals surface area contributed by atoms with Crippen molar-refractivity contribution in [2.45, 2.75) is 48.8 Å². The standard InChI is InChI=1S/C34H38N4O7S/c1-44-33(40)29-11-6-18-38(29)46(42,43)28-14-12-27(13-15-28)35-32(39)26-10-5-9-25(21-26)31(24-7-3-2-4-8-24)36-34(41)45-30-22-37-19-16-23(30)17-20-37/h2-5,7-10,12-15,21,23,29-31H,6,11,16-20,22H2,1H3,(H,35,39)(H,36,41). The van der Waals surface area contributed by atoms with Crippen LogP contribution in [0.2, 0.25) is 0 Å². The van der Waals surface area contributed by atoms with Gasteiger partial charge in [0.2, 0.25) is 10.0 Å². The molecule has 0 spiro atoms. The van der Waals surface area contributed by atoms with E-state index in [1.54, 1.807) is 18.2 Å². The van der Waals surface area contributed by atoms with Crippen LogP contribution in [0.1, 0.15) is 53.2 Å². The molecule has 11 nitrogen and oxygen atoms in total. The molecule has 3 aromatic carbocycles. The quantitative estimate of drug-likeness (QED) is 0.331. The van der Waals surface area contributed by atoms with Crippen LogP contribution < -0.4 is 10.6 Å². The van der Waals surface area contributed by atoms with Crippen LogP contribution in [-0.2, 0) is 24.3 Å². The first-order valence-electron chi connectivity index (χ1n) is 15.6. The highest BCUT2D eigenvalue weighted by Gasteiger charge is 2.40. The smallest absolute Gasteiger partial charge is 0.408 e. The Labute approximate surface area is 268 Å². The number of hydrogen-bond donors (Lipinski definition) is 2. The van der Waals surface area contributed by atoms with Gasteiger partial charge in [0.15, 0.2) is 0 Å². The first-order chi connectivity index (χ1) is 22.2. The number of anilines is 1. The van der Waals surface area contributed by atoms with E-state index in [0.29, 0.717) is 35.6 Å². The molecule has 12 heteroatoms. The molecule has 3 aromatic rings. The van der Waals surface area contributed by atoms with Gasteiger partial charge in [0.25, 0.3) is 5.91 Å². The average Bonchev–Trinajstić information content (AvgIpc) is 3.59. The summed E-state index contributed by atoms with van der Waals surface area (Å²) in [5, 5.41) is 5.85. The van der Waals surface area contributed by atoms with Gasteiger partial charge in [0, 0.05) is 24.3 Å². The van der Waals surface area contributed by atoms with Gasteiger partial charge in [-0.1, -0.05) is 42.5 Å². The molecule has 0 aromatic heterocycles. The monoisotopic (exact) mass is 646 g/mol. The molecule has 4 aliphatic rings. The van der Waals surface area contributed by atoms with E-state index >= 15 is 0 Å². The van der Waals surface area contributed by atoms with Crippen molar-refractivity contribution in [2.75, 3.05) is 38.6 Å². The summed E-state index contributed by atoms with van der Waals surface area (Å²) in [5.74, 6) is -0.600. The SMILES string of the molecule is COC(=O)C1CCCN1S(=O)(=O)c1ccc(NC(=O)c2cccc(C(NC(=O)OC3CN4CCC3CC4)c3ccccc3)c2)cc1. The number of sulfonamides is 1. The fourth-order valence-corrected chi connectivity index (χ4v) is 8.29. The lowest BCUT2D eigenvalue weighted by Gasteiger charge is -2.43. The fourth-order valence-electron chi connectivity index (χ4n) is 6.65. The molecular weight excluding hydrogens is 608 g/mol. The van der Waals surface area contributed by atoms with Crippen molar-refractivity contribution < 1.29 is 32.3 Å². The van der Waals surface area contributed by atoms with Crippen LogP contribution in [0.4, 0.5) is 10.5 Å². The molecule has 3 atom stereocenters. The van der Waals surface area contributed by atoms with E-state index in [4.69, 9.17) is 9.47 Å². The van der Waals surface area contributed by atoms with E-state index in [2.05, 4.69) is 15.5 Å². The Morgan fingerprint density at radius 1 is 0.870 bits per heavy atom. The number of piperidine rings is 3. The number of nitrogens with one attached hydrogen (secondary N) is 2. The van der Waals surface area contributed by atoms with E-state index in [-0.39, 0.29) is 17.5 Å². The Morgan fingerprint density at radius 2 is 1.59 bits per heavy atom. The van der Waals surface area contributed by atoms with E-state index < -0.39 is 40.1 Å². The second-order valence-corrected chi connectivity index (χ2v) is 13.9. The number of ether oxygens (including phenoxy) is 2. The van der Waals surface area contributed by atoms with Crippen LogP contribution in [0.3, 0.4) is 0 Å². The molecule has 2 amide bonds. The van der Waals surface area contributed by atoms with E-state index in [9.17, 15) is 22.8 Å². The summed E-state index contributed by atoms with van der Waals surface area (Å²) >= 11 is 0. The van der Waals surface area contributed by atoms with Crippen molar-refractivity contribution in [3.05, 3.63) is 95.6 Å². The first-order valence-corrected chi connectivity index (χ1v) is 17.0. The molecule has 0 radical (unpaired) electrons. The molecular formula is C34H38N4O7S. The summed E-state index contributed by atoms with van der Waals surface area (Å²) in [6.07, 6.45) is 2.40. The fraction of sp³-hybridized carbons (Fsp3) is 0.382. The minimum Gasteiger partial charge on any atom is -0.468 e. The zero-order valence-corrected chi connectivity index (χ0v) is 26.4. The maximum atomic E-state index is 13.3. The van der Waals surface area contributed by atoms with Crippen molar-refractivity contribution in [3.63, 3.8) is 0 Å². The van der Waals surface area contributed by atoms with Crippen molar-refractivity contribution in [1.82, 2.24) is 14.5 Å². The number of carbonyl (C=O) groups is 3. The Bertz CT molecular complexity index is 1680. The number of alkyl carbamates (subject to hydrolysis) is 1. The average molecular weight is 647 g/mol. The van der Waals surface area contributed by atoms with Gasteiger partial charge >= 0.3 is 12.1 Å². The van der Waals surface area contributed by atoms with E-state index in [0.717, 1.165) is 38.0 Å². The third-order valence-corrected chi connectivity index (χ3v) is 11.0. The van der Waals surface area contributed by atoms with Gasteiger partial charge in [-0.3, -0.25) is 14.5 Å². The van der Waals surface area contributed by atoms with E-state index in [1.807, 2.05) is 36.4 Å². The summed E-state index contributed by atoms with van der Waals surface area (Å²) in [6.45, 7) is 3.08. The summed E-state index contributed by atoms with van der Waals surface area (Å²) in [4.78, 5) is 40.9. The number of esters is 1. The lowest BCUT2D eigenvalue weighted by Crippen LogP contribution is -2.52. The zero-order chi connectivity index (χ0) is 32.3. The molecule has 4 heterocycles. The number of nitrogens with zero attached hydrogens (tertiary/aromatic N) is 2. The topological polar surface area (TPSA) is 134 Å². The summed E-state index contributed by atoms with van der Waals surface area (Å²) in [5.41, 5.74) is 2.31. The first kappa shape index (κ1) is 31.7. The third-order valence-electron chi connectivity index (χ3n) is 9.13. The second-order valence-electron chi connectivity index (χ2n) is 12.0. The lowest BCUT2D eigenvalue weighted by molar-refractivity contribution is -0.144. The number of hydrogen-bond acceptors (Lipinski definition) is 8. The minimum atomic E-state index is -3.93.